The van der Waals surface area contributed by atoms with Gasteiger partial charge in [-0.05, 0) is 36.4 Å². The van der Waals surface area contributed by atoms with Crippen molar-refractivity contribution in [2.75, 3.05) is 19.8 Å². The van der Waals surface area contributed by atoms with Crippen LogP contribution in [0.2, 0.25) is 0 Å². The summed E-state index contributed by atoms with van der Waals surface area (Å²) in [5.74, 6) is -0.260. The molecule has 6 nitrogen and oxygen atoms in total. The number of primary amides is 1. The number of carbonyl (C=O) groups excluding carboxylic acids is 2. The summed E-state index contributed by atoms with van der Waals surface area (Å²) in [5.41, 5.74) is 5.44. The molecule has 0 atom stereocenters. The Labute approximate surface area is 147 Å². The molecule has 24 heavy (non-hydrogen) atoms. The fraction of sp³-hybridized carbons (Fsp3) is 0.176. The minimum atomic E-state index is -0.623. The minimum absolute atomic E-state index is 0.0930. The predicted octanol–water partition coefficient (Wildman–Crippen LogP) is 2.55. The van der Waals surface area contributed by atoms with Gasteiger partial charge in [0, 0.05) is 4.47 Å². The van der Waals surface area contributed by atoms with Crippen LogP contribution in [0.3, 0.4) is 0 Å². The monoisotopic (exact) mass is 393 g/mol. The van der Waals surface area contributed by atoms with E-state index in [-0.39, 0.29) is 31.1 Å². The van der Waals surface area contributed by atoms with Gasteiger partial charge in [-0.15, -0.1) is 0 Å². The Balaban J connectivity index is 1.70. The minimum Gasteiger partial charge on any atom is -0.490 e. The molecule has 0 radical (unpaired) electrons. The quantitative estimate of drug-likeness (QED) is 0.549. The van der Waals surface area contributed by atoms with Gasteiger partial charge in [0.1, 0.15) is 24.7 Å². The molecule has 1 amide bonds. The summed E-state index contributed by atoms with van der Waals surface area (Å²) >= 11 is 3.33. The number of carbonyl (C=O) groups is 2. The molecule has 0 saturated carbocycles. The van der Waals surface area contributed by atoms with Crippen LogP contribution < -0.4 is 15.2 Å². The molecular formula is C17H16BrNO5. The molecule has 126 valence electrons. The number of halogens is 1. The number of amides is 1. The van der Waals surface area contributed by atoms with Gasteiger partial charge in [0.05, 0.1) is 5.56 Å². The molecule has 0 bridgehead atoms. The average molecular weight is 394 g/mol. The molecule has 0 spiro atoms. The number of hydrogen-bond acceptors (Lipinski definition) is 5. The first-order valence-electron chi connectivity index (χ1n) is 7.12. The van der Waals surface area contributed by atoms with Crippen LogP contribution in [-0.2, 0) is 9.53 Å². The molecule has 2 aromatic carbocycles. The van der Waals surface area contributed by atoms with Crippen LogP contribution >= 0.6 is 15.9 Å². The molecule has 2 rings (SSSR count). The van der Waals surface area contributed by atoms with E-state index in [1.165, 1.54) is 6.07 Å². The van der Waals surface area contributed by atoms with Crippen molar-refractivity contribution in [1.29, 1.82) is 0 Å². The predicted molar refractivity (Wildman–Crippen MR) is 91.1 cm³/mol. The maximum absolute atomic E-state index is 11.6. The summed E-state index contributed by atoms with van der Waals surface area (Å²) in [6.45, 7) is 0.00352. The molecule has 0 saturated heterocycles. The van der Waals surface area contributed by atoms with E-state index < -0.39 is 11.9 Å². The van der Waals surface area contributed by atoms with Gasteiger partial charge in [0.25, 0.3) is 5.91 Å². The van der Waals surface area contributed by atoms with Crippen LogP contribution in [0.4, 0.5) is 0 Å². The lowest BCUT2D eigenvalue weighted by molar-refractivity contribution is -0.146. The Morgan fingerprint density at radius 2 is 1.67 bits per heavy atom. The maximum Gasteiger partial charge on any atom is 0.344 e. The van der Waals surface area contributed by atoms with Crippen molar-refractivity contribution in [3.8, 4) is 11.5 Å². The van der Waals surface area contributed by atoms with Crippen LogP contribution in [-0.4, -0.2) is 31.7 Å². The van der Waals surface area contributed by atoms with Crippen molar-refractivity contribution in [3.05, 3.63) is 58.6 Å². The maximum atomic E-state index is 11.6. The molecule has 2 aromatic rings. The van der Waals surface area contributed by atoms with Crippen molar-refractivity contribution >= 4 is 27.8 Å². The molecule has 0 aliphatic rings. The number of para-hydroxylation sites is 1. The Morgan fingerprint density at radius 1 is 0.958 bits per heavy atom. The van der Waals surface area contributed by atoms with Gasteiger partial charge in [-0.25, -0.2) is 4.79 Å². The number of nitrogens with two attached hydrogens (primary N) is 1. The van der Waals surface area contributed by atoms with Gasteiger partial charge >= 0.3 is 5.97 Å². The Bertz CT molecular complexity index is 702. The molecular weight excluding hydrogens is 378 g/mol. The highest BCUT2D eigenvalue weighted by molar-refractivity contribution is 9.10. The Hall–Kier alpha value is -2.54. The van der Waals surface area contributed by atoms with Crippen molar-refractivity contribution in [2.45, 2.75) is 0 Å². The number of esters is 1. The largest absolute Gasteiger partial charge is 0.490 e. The normalized spacial score (nSPS) is 10.0. The van der Waals surface area contributed by atoms with E-state index >= 15 is 0 Å². The third-order valence-electron chi connectivity index (χ3n) is 2.93. The highest BCUT2D eigenvalue weighted by atomic mass is 79.9. The van der Waals surface area contributed by atoms with Crippen molar-refractivity contribution in [2.24, 2.45) is 5.73 Å². The van der Waals surface area contributed by atoms with E-state index in [4.69, 9.17) is 19.9 Å². The number of ether oxygens (including phenoxy) is 3. The number of hydrogen-bond donors (Lipinski definition) is 1. The fourth-order valence-electron chi connectivity index (χ4n) is 1.82. The summed E-state index contributed by atoms with van der Waals surface area (Å²) in [6.07, 6.45) is 0. The van der Waals surface area contributed by atoms with E-state index in [0.717, 1.165) is 4.47 Å². The van der Waals surface area contributed by atoms with Crippen molar-refractivity contribution in [1.82, 2.24) is 0 Å². The van der Waals surface area contributed by atoms with Crippen LogP contribution in [0.25, 0.3) is 0 Å². The number of benzene rings is 2. The van der Waals surface area contributed by atoms with E-state index in [0.29, 0.717) is 5.75 Å². The Kier molecular flexibility index (Phi) is 6.62. The van der Waals surface area contributed by atoms with Gasteiger partial charge < -0.3 is 19.9 Å². The first-order valence-corrected chi connectivity index (χ1v) is 7.91. The zero-order valence-electron chi connectivity index (χ0n) is 12.7. The summed E-state index contributed by atoms with van der Waals surface area (Å²) < 4.78 is 16.6. The third-order valence-corrected chi connectivity index (χ3v) is 3.46. The number of rotatable bonds is 8. The molecule has 0 aromatic heterocycles. The van der Waals surface area contributed by atoms with Crippen LogP contribution in [0, 0.1) is 0 Å². The third kappa shape index (κ3) is 5.58. The molecule has 0 aliphatic carbocycles. The van der Waals surface area contributed by atoms with Crippen LogP contribution in [0.15, 0.2) is 53.0 Å². The van der Waals surface area contributed by atoms with Crippen LogP contribution in [0.1, 0.15) is 10.4 Å². The van der Waals surface area contributed by atoms with Crippen molar-refractivity contribution in [3.63, 3.8) is 0 Å². The first-order chi connectivity index (χ1) is 11.6. The standard InChI is InChI=1S/C17H16BrNO5/c18-12-5-7-13(8-6-12)22-9-10-23-16(20)11-24-15-4-2-1-3-14(15)17(19)21/h1-8H,9-11H2,(H2,19,21). The average Bonchev–Trinajstić information content (AvgIpc) is 2.58. The zero-order valence-corrected chi connectivity index (χ0v) is 14.3. The molecule has 7 heteroatoms. The summed E-state index contributed by atoms with van der Waals surface area (Å²) in [5, 5.41) is 0. The SMILES string of the molecule is NC(=O)c1ccccc1OCC(=O)OCCOc1ccc(Br)cc1. The van der Waals surface area contributed by atoms with E-state index in [1.54, 1.807) is 30.3 Å². The second-order valence-corrected chi connectivity index (χ2v) is 5.59. The highest BCUT2D eigenvalue weighted by Gasteiger charge is 2.11. The summed E-state index contributed by atoms with van der Waals surface area (Å²) in [7, 11) is 0. The Morgan fingerprint density at radius 3 is 2.38 bits per heavy atom. The van der Waals surface area contributed by atoms with E-state index in [2.05, 4.69) is 15.9 Å². The van der Waals surface area contributed by atoms with Gasteiger partial charge in [0.2, 0.25) is 0 Å². The smallest absolute Gasteiger partial charge is 0.344 e. The van der Waals surface area contributed by atoms with Gasteiger partial charge in [-0.2, -0.15) is 0 Å². The molecule has 0 heterocycles. The van der Waals surface area contributed by atoms with E-state index in [9.17, 15) is 9.59 Å². The molecule has 0 unspecified atom stereocenters. The van der Waals surface area contributed by atoms with Crippen molar-refractivity contribution < 1.29 is 23.8 Å². The molecule has 0 aliphatic heterocycles. The van der Waals surface area contributed by atoms with Crippen LogP contribution in [0.5, 0.6) is 11.5 Å². The zero-order chi connectivity index (χ0) is 17.4. The molecule has 0 fully saturated rings. The van der Waals surface area contributed by atoms with E-state index in [1.807, 2.05) is 12.1 Å². The second-order valence-electron chi connectivity index (χ2n) is 4.67. The summed E-state index contributed by atoms with van der Waals surface area (Å²) in [4.78, 5) is 22.9. The lowest BCUT2D eigenvalue weighted by Crippen LogP contribution is -2.20. The van der Waals surface area contributed by atoms with Gasteiger partial charge in [-0.1, -0.05) is 28.1 Å². The second kappa shape index (κ2) is 8.93. The lowest BCUT2D eigenvalue weighted by atomic mass is 10.2. The fourth-order valence-corrected chi connectivity index (χ4v) is 2.08. The highest BCUT2D eigenvalue weighted by Crippen LogP contribution is 2.17. The summed E-state index contributed by atoms with van der Waals surface area (Å²) in [6, 6.07) is 13.7. The lowest BCUT2D eigenvalue weighted by Gasteiger charge is -2.10. The van der Waals surface area contributed by atoms with Gasteiger partial charge in [0.15, 0.2) is 6.61 Å². The molecule has 2 N–H and O–H groups in total. The van der Waals surface area contributed by atoms with Gasteiger partial charge in [-0.3, -0.25) is 4.79 Å². The topological polar surface area (TPSA) is 87.9 Å². The first kappa shape index (κ1) is 17.8.